The molecule has 3 atom stereocenters. The van der Waals surface area contributed by atoms with E-state index in [-0.39, 0.29) is 4.68 Å². The Morgan fingerprint density at radius 2 is 1.68 bits per heavy atom. The molecular formula is C15H18F9N7. The summed E-state index contributed by atoms with van der Waals surface area (Å²) in [5.74, 6) is -7.02. The summed E-state index contributed by atoms with van der Waals surface area (Å²) in [6.07, 6.45) is -15.6. The van der Waals surface area contributed by atoms with Crippen LogP contribution in [0, 0.1) is 5.92 Å². The molecule has 0 aromatic carbocycles. The van der Waals surface area contributed by atoms with E-state index >= 15 is 0 Å². The Morgan fingerprint density at radius 1 is 1.06 bits per heavy atom. The van der Waals surface area contributed by atoms with Gasteiger partial charge in [0.1, 0.15) is 12.0 Å². The highest BCUT2D eigenvalue weighted by molar-refractivity contribution is 6.00. The zero-order valence-electron chi connectivity index (χ0n) is 16.0. The Kier molecular flexibility index (Phi) is 6.43. The van der Waals surface area contributed by atoms with E-state index in [2.05, 4.69) is 25.7 Å². The zero-order valence-corrected chi connectivity index (χ0v) is 16.0. The van der Waals surface area contributed by atoms with Crippen molar-refractivity contribution in [3.05, 3.63) is 18.0 Å². The van der Waals surface area contributed by atoms with Gasteiger partial charge in [0.2, 0.25) is 11.7 Å². The fourth-order valence-electron chi connectivity index (χ4n) is 3.03. The molecule has 0 bridgehead atoms. The second kappa shape index (κ2) is 8.11. The lowest BCUT2D eigenvalue weighted by molar-refractivity contribution is -0.209. The van der Waals surface area contributed by atoms with Crippen LogP contribution in [0.25, 0.3) is 0 Å². The van der Waals surface area contributed by atoms with E-state index in [1.807, 2.05) is 0 Å². The molecule has 0 fully saturated rings. The molecule has 1 aromatic heterocycles. The average Bonchev–Trinajstić information content (AvgIpc) is 3.08. The number of aromatic nitrogens is 2. The first-order chi connectivity index (χ1) is 14.0. The third kappa shape index (κ3) is 5.15. The molecule has 1 aliphatic heterocycles. The third-order valence-electron chi connectivity index (χ3n) is 4.41. The van der Waals surface area contributed by atoms with Gasteiger partial charge in [-0.05, 0) is 18.9 Å². The van der Waals surface area contributed by atoms with Crippen molar-refractivity contribution in [1.29, 1.82) is 0 Å². The van der Waals surface area contributed by atoms with Gasteiger partial charge >= 0.3 is 18.5 Å². The Morgan fingerprint density at radius 3 is 2.10 bits per heavy atom. The maximum absolute atomic E-state index is 13.8. The number of nitrogens with zero attached hydrogens (tertiary/aromatic N) is 4. The summed E-state index contributed by atoms with van der Waals surface area (Å²) < 4.78 is 120. The molecule has 0 saturated heterocycles. The maximum atomic E-state index is 13.8. The Balaban J connectivity index is 2.70. The minimum absolute atomic E-state index is 0.231. The van der Waals surface area contributed by atoms with Crippen molar-refractivity contribution in [2.75, 3.05) is 0 Å². The number of nitrogens with two attached hydrogens (primary N) is 1. The van der Waals surface area contributed by atoms with Gasteiger partial charge in [0.05, 0.1) is 0 Å². The van der Waals surface area contributed by atoms with E-state index in [0.717, 1.165) is 13.8 Å². The van der Waals surface area contributed by atoms with Gasteiger partial charge < -0.3 is 11.1 Å². The van der Waals surface area contributed by atoms with Gasteiger partial charge in [0.25, 0.3) is 0 Å². The summed E-state index contributed by atoms with van der Waals surface area (Å²) in [6, 6.07) is -1.91. The molecule has 176 valence electrons. The number of aliphatic imine (C=N–C) groups is 2. The molecule has 1 aliphatic rings. The Labute approximate surface area is 169 Å². The summed E-state index contributed by atoms with van der Waals surface area (Å²) in [4.78, 5) is 6.91. The van der Waals surface area contributed by atoms with Crippen LogP contribution in [0.15, 0.2) is 22.2 Å². The fraction of sp³-hybridized carbons (Fsp3) is 0.667. The molecular weight excluding hydrogens is 449 g/mol. The molecule has 16 heteroatoms. The minimum atomic E-state index is -5.05. The van der Waals surface area contributed by atoms with Gasteiger partial charge in [-0.1, -0.05) is 13.8 Å². The van der Waals surface area contributed by atoms with Crippen molar-refractivity contribution in [3.63, 3.8) is 0 Å². The molecule has 31 heavy (non-hydrogen) atoms. The van der Waals surface area contributed by atoms with Crippen molar-refractivity contribution in [2.45, 2.75) is 57.0 Å². The summed E-state index contributed by atoms with van der Waals surface area (Å²) in [6.45, 7) is 2.22. The van der Waals surface area contributed by atoms with Gasteiger partial charge in [-0.15, -0.1) is 0 Å². The molecule has 0 saturated carbocycles. The molecule has 1 unspecified atom stereocenters. The van der Waals surface area contributed by atoms with Crippen LogP contribution < -0.4 is 16.4 Å². The van der Waals surface area contributed by atoms with Gasteiger partial charge in [0, 0.05) is 6.20 Å². The number of alkyl halides is 9. The van der Waals surface area contributed by atoms with Crippen LogP contribution in [-0.4, -0.2) is 40.1 Å². The first kappa shape index (κ1) is 24.6. The summed E-state index contributed by atoms with van der Waals surface area (Å²) in [5, 5.41) is 7.28. The average molecular weight is 467 g/mol. The highest BCUT2D eigenvalue weighted by atomic mass is 19.4. The smallest absolute Gasteiger partial charge is 0.369 e. The lowest BCUT2D eigenvalue weighted by Crippen LogP contribution is -2.66. The van der Waals surface area contributed by atoms with E-state index in [1.165, 1.54) is 0 Å². The summed E-state index contributed by atoms with van der Waals surface area (Å²) >= 11 is 0. The Hall–Kier alpha value is -2.68. The molecule has 1 aromatic rings. The number of rotatable bonds is 5. The number of nitrogens with one attached hydrogen (secondary N) is 2. The van der Waals surface area contributed by atoms with Crippen LogP contribution in [-0.2, 0) is 12.0 Å². The van der Waals surface area contributed by atoms with E-state index in [1.54, 1.807) is 0 Å². The van der Waals surface area contributed by atoms with Crippen molar-refractivity contribution >= 4 is 11.9 Å². The quantitative estimate of drug-likeness (QED) is 0.580. The van der Waals surface area contributed by atoms with Crippen molar-refractivity contribution in [2.24, 2.45) is 21.6 Å². The standard InChI is InChI=1S/C15H18F9N7/c1-3-7(12(16,17)18)15(31-6-5-9(30-31)14(22,23)24)28-10(25)27-11(29-15)26-8(4-2)13(19,20)21/h5-8H,3-4H2,1-2H3,(H4,25,26,27,28,29)/t7-,8+,15?/m1/s1. The lowest BCUT2D eigenvalue weighted by Gasteiger charge is -2.42. The molecule has 7 nitrogen and oxygen atoms in total. The molecule has 2 heterocycles. The van der Waals surface area contributed by atoms with E-state index in [0.29, 0.717) is 12.3 Å². The second-order valence-corrected chi connectivity index (χ2v) is 6.56. The maximum Gasteiger partial charge on any atom is 0.435 e. The first-order valence-corrected chi connectivity index (χ1v) is 8.79. The predicted molar refractivity (Wildman–Crippen MR) is 90.5 cm³/mol. The third-order valence-corrected chi connectivity index (χ3v) is 4.41. The molecule has 0 spiro atoms. The van der Waals surface area contributed by atoms with Crippen LogP contribution in [0.3, 0.4) is 0 Å². The van der Waals surface area contributed by atoms with Crippen molar-refractivity contribution in [1.82, 2.24) is 20.4 Å². The van der Waals surface area contributed by atoms with Gasteiger partial charge in [0.15, 0.2) is 11.7 Å². The summed E-state index contributed by atoms with van der Waals surface area (Å²) in [7, 11) is 0. The number of hydrogen-bond acceptors (Lipinski definition) is 4. The number of halogens is 9. The number of hydrogen-bond donors (Lipinski definition) is 3. The van der Waals surface area contributed by atoms with E-state index in [4.69, 9.17) is 5.73 Å². The van der Waals surface area contributed by atoms with Crippen LogP contribution in [0.1, 0.15) is 32.4 Å². The second-order valence-electron chi connectivity index (χ2n) is 6.56. The van der Waals surface area contributed by atoms with Crippen LogP contribution >= 0.6 is 0 Å². The van der Waals surface area contributed by atoms with Crippen molar-refractivity contribution < 1.29 is 39.5 Å². The van der Waals surface area contributed by atoms with E-state index < -0.39 is 66.7 Å². The normalized spacial score (nSPS) is 23.7. The molecule has 0 radical (unpaired) electrons. The first-order valence-electron chi connectivity index (χ1n) is 8.79. The lowest BCUT2D eigenvalue weighted by atomic mass is 9.96. The largest absolute Gasteiger partial charge is 0.435 e. The van der Waals surface area contributed by atoms with Crippen molar-refractivity contribution in [3.8, 4) is 0 Å². The molecule has 4 N–H and O–H groups in total. The zero-order chi connectivity index (χ0) is 23.8. The molecule has 0 amide bonds. The number of guanidine groups is 2. The highest BCUT2D eigenvalue weighted by Gasteiger charge is 2.57. The SMILES string of the molecule is CC[C@H](N=C1NC(N)=NC([C@H](CC)C(F)(F)F)(n2ccc(C(F)(F)F)n2)N1)C(F)(F)F. The molecule has 0 aliphatic carbocycles. The monoisotopic (exact) mass is 467 g/mol. The van der Waals surface area contributed by atoms with Gasteiger partial charge in [-0.3, -0.25) is 5.32 Å². The van der Waals surface area contributed by atoms with Crippen LogP contribution in [0.2, 0.25) is 0 Å². The van der Waals surface area contributed by atoms with Gasteiger partial charge in [-0.2, -0.15) is 44.6 Å². The van der Waals surface area contributed by atoms with Crippen LogP contribution in [0.5, 0.6) is 0 Å². The predicted octanol–water partition coefficient (Wildman–Crippen LogP) is 3.31. The van der Waals surface area contributed by atoms with Crippen LogP contribution in [0.4, 0.5) is 39.5 Å². The minimum Gasteiger partial charge on any atom is -0.369 e. The Bertz CT molecular complexity index is 837. The van der Waals surface area contributed by atoms with Gasteiger partial charge in [-0.25, -0.2) is 14.7 Å². The summed E-state index contributed by atoms with van der Waals surface area (Å²) in [5.41, 5.74) is 3.97. The topological polar surface area (TPSA) is 92.6 Å². The fourth-order valence-corrected chi connectivity index (χ4v) is 3.03. The highest BCUT2D eigenvalue weighted by Crippen LogP contribution is 2.42. The van der Waals surface area contributed by atoms with E-state index in [9.17, 15) is 39.5 Å². The molecule has 2 rings (SSSR count).